The molecule has 0 saturated heterocycles. The summed E-state index contributed by atoms with van der Waals surface area (Å²) in [6.07, 6.45) is 63.6. The van der Waals surface area contributed by atoms with Crippen molar-refractivity contribution in [2.24, 2.45) is 71.0 Å². The van der Waals surface area contributed by atoms with E-state index in [1.807, 2.05) is 0 Å². The highest BCUT2D eigenvalue weighted by Gasteiger charge is 2.32. The lowest BCUT2D eigenvalue weighted by Crippen LogP contribution is -2.23. The Labute approximate surface area is 333 Å². The molecule has 0 heterocycles. The van der Waals surface area contributed by atoms with Crippen LogP contribution in [0.2, 0.25) is 0 Å². The molecule has 306 valence electrons. The van der Waals surface area contributed by atoms with Gasteiger partial charge in [0.2, 0.25) is 0 Å². The largest absolute Gasteiger partial charge is 0.0533 e. The van der Waals surface area contributed by atoms with Crippen molar-refractivity contribution in [1.82, 2.24) is 0 Å². The molecule has 14 rings (SSSR count). The monoisotopic (exact) mass is 731 g/mol. The first-order chi connectivity index (χ1) is 26.2. The van der Waals surface area contributed by atoms with Crippen LogP contribution < -0.4 is 0 Å². The van der Waals surface area contributed by atoms with Gasteiger partial charge in [0.1, 0.15) is 0 Å². The summed E-state index contributed by atoms with van der Waals surface area (Å²) in [4.78, 5) is 0. The third kappa shape index (κ3) is 13.8. The minimum absolute atomic E-state index is 1.14. The Balaban J connectivity index is 0.0000000986. The van der Waals surface area contributed by atoms with Crippen LogP contribution in [0.25, 0.3) is 0 Å². The third-order valence-corrected chi connectivity index (χ3v) is 18.8. The van der Waals surface area contributed by atoms with E-state index < -0.39 is 0 Å². The predicted octanol–water partition coefficient (Wildman–Crippen LogP) is 17.5. The summed E-state index contributed by atoms with van der Waals surface area (Å²) in [5.41, 5.74) is 0. The molecule has 0 heteroatoms. The average molecular weight is 731 g/mol. The van der Waals surface area contributed by atoms with Crippen LogP contribution >= 0.6 is 0 Å². The van der Waals surface area contributed by atoms with E-state index in [1.165, 1.54) is 94.3 Å². The highest BCUT2D eigenvalue weighted by atomic mass is 14.4. The summed E-state index contributed by atoms with van der Waals surface area (Å²) in [7, 11) is 0. The van der Waals surface area contributed by atoms with Gasteiger partial charge in [-0.1, -0.05) is 238 Å². The topological polar surface area (TPSA) is 0 Å². The van der Waals surface area contributed by atoms with Crippen LogP contribution in [0.4, 0.5) is 0 Å². The van der Waals surface area contributed by atoms with Crippen molar-refractivity contribution in [2.75, 3.05) is 0 Å². The first kappa shape index (κ1) is 41.2. The molecule has 53 heavy (non-hydrogen) atoms. The van der Waals surface area contributed by atoms with Gasteiger partial charge in [-0.25, -0.2) is 0 Å². The quantitative estimate of drug-likeness (QED) is 0.233. The average Bonchev–Trinajstić information content (AvgIpc) is 3.57. The van der Waals surface area contributed by atoms with Crippen molar-refractivity contribution in [3.63, 3.8) is 0 Å². The van der Waals surface area contributed by atoms with Gasteiger partial charge < -0.3 is 0 Å². The zero-order valence-electron chi connectivity index (χ0n) is 35.9. The van der Waals surface area contributed by atoms with E-state index in [-0.39, 0.29) is 0 Å². The van der Waals surface area contributed by atoms with E-state index >= 15 is 0 Å². The molecule has 0 nitrogen and oxygen atoms in total. The summed E-state index contributed by atoms with van der Waals surface area (Å²) in [6, 6.07) is 0. The summed E-state index contributed by atoms with van der Waals surface area (Å²) in [6.45, 7) is 0. The van der Waals surface area contributed by atoms with Gasteiger partial charge >= 0.3 is 0 Å². The zero-order valence-corrected chi connectivity index (χ0v) is 35.9. The van der Waals surface area contributed by atoms with Crippen molar-refractivity contribution >= 4 is 0 Å². The fourth-order valence-corrected chi connectivity index (χ4v) is 15.0. The molecule has 0 aromatic carbocycles. The predicted molar refractivity (Wildman–Crippen MR) is 231 cm³/mol. The summed E-state index contributed by atoms with van der Waals surface area (Å²) in [5, 5.41) is 0. The van der Waals surface area contributed by atoms with Gasteiger partial charge in [0.05, 0.1) is 0 Å². The molecule has 14 saturated carbocycles. The smallest absolute Gasteiger partial charge is 0.0386 e. The molecule has 0 radical (unpaired) electrons. The third-order valence-electron chi connectivity index (χ3n) is 18.8. The minimum Gasteiger partial charge on any atom is -0.0533 e. The van der Waals surface area contributed by atoms with Gasteiger partial charge in [-0.2, -0.15) is 0 Å². The zero-order chi connectivity index (χ0) is 35.9. The number of rotatable bonds is 0. The lowest BCUT2D eigenvalue weighted by atomic mass is 9.71. The number of fused-ring (bicyclic) bond motifs is 13. The molecule has 0 spiro atoms. The van der Waals surface area contributed by atoms with Gasteiger partial charge in [0.25, 0.3) is 0 Å². The number of hydrogen-bond acceptors (Lipinski definition) is 0. The van der Waals surface area contributed by atoms with Crippen LogP contribution in [-0.2, 0) is 0 Å². The second-order valence-electron chi connectivity index (χ2n) is 22.4. The van der Waals surface area contributed by atoms with Crippen molar-refractivity contribution in [1.29, 1.82) is 0 Å². The van der Waals surface area contributed by atoms with Crippen LogP contribution in [0.5, 0.6) is 0 Å². The molecule has 14 fully saturated rings. The van der Waals surface area contributed by atoms with E-state index in [2.05, 4.69) is 0 Å². The fourth-order valence-electron chi connectivity index (χ4n) is 15.0. The summed E-state index contributed by atoms with van der Waals surface area (Å²) in [5.74, 6) is 13.9. The van der Waals surface area contributed by atoms with Crippen LogP contribution in [0, 0.1) is 71.0 Å². The molecule has 6 atom stereocenters. The minimum atomic E-state index is 1.14. The van der Waals surface area contributed by atoms with Crippen molar-refractivity contribution in [3.8, 4) is 0 Å². The maximum Gasteiger partial charge on any atom is -0.0386 e. The second-order valence-corrected chi connectivity index (χ2v) is 22.4. The molecule has 6 unspecified atom stereocenters. The second kappa shape index (κ2) is 22.8. The number of hydrogen-bond donors (Lipinski definition) is 0. The maximum absolute atomic E-state index is 1.58. The van der Waals surface area contributed by atoms with Crippen molar-refractivity contribution < 1.29 is 0 Å². The van der Waals surface area contributed by atoms with Gasteiger partial charge in [-0.05, 0) is 96.7 Å². The van der Waals surface area contributed by atoms with E-state index in [0.717, 1.165) is 47.3 Å². The van der Waals surface area contributed by atoms with E-state index in [1.54, 1.807) is 193 Å². The first-order valence-electron chi connectivity index (χ1n) is 26.2. The van der Waals surface area contributed by atoms with E-state index in [0.29, 0.717) is 0 Å². The molecule has 0 amide bonds. The first-order valence-corrected chi connectivity index (χ1v) is 26.2. The van der Waals surface area contributed by atoms with Crippen molar-refractivity contribution in [2.45, 2.75) is 263 Å². The van der Waals surface area contributed by atoms with E-state index in [4.69, 9.17) is 0 Å². The molecule has 14 aliphatic carbocycles. The molecule has 0 aliphatic heterocycles. The molecular formula is C53H94. The Bertz CT molecular complexity index is 841. The summed E-state index contributed by atoms with van der Waals surface area (Å²) < 4.78 is 0. The lowest BCUT2D eigenvalue weighted by Gasteiger charge is -2.35. The fraction of sp³-hybridized carbons (Fsp3) is 1.00. The van der Waals surface area contributed by atoms with Gasteiger partial charge in [0.15, 0.2) is 0 Å². The summed E-state index contributed by atoms with van der Waals surface area (Å²) >= 11 is 0. The molecular weight excluding hydrogens is 637 g/mol. The normalized spacial score (nSPS) is 43.0. The Morgan fingerprint density at radius 1 is 0.132 bits per heavy atom. The van der Waals surface area contributed by atoms with Crippen LogP contribution in [-0.4, -0.2) is 0 Å². The molecule has 0 aromatic heterocycles. The molecule has 8 bridgehead atoms. The van der Waals surface area contributed by atoms with Crippen LogP contribution in [0.1, 0.15) is 263 Å². The molecule has 0 aromatic rings. The Morgan fingerprint density at radius 3 is 0.717 bits per heavy atom. The van der Waals surface area contributed by atoms with Gasteiger partial charge in [-0.15, -0.1) is 0 Å². The Hall–Kier alpha value is 0. The van der Waals surface area contributed by atoms with Crippen LogP contribution in [0.3, 0.4) is 0 Å². The Morgan fingerprint density at radius 2 is 0.340 bits per heavy atom. The standard InChI is InChI=1S/5C9H16.C8H14/c1-3-8-5-2-6-9(4-1)7-8;1-2-5-9-7-3-6-8(9)4-1;1-2-8-4-6-9(3-1)7-5-8;1-2-4-9-6-5-8(3-1)7-9;1-2-4-8-6-7-9(8)5-3-1;1-2-8-5-3-7(1)4-6-8/h5*8-9H,1-7H2;7-8H,1-6H2. The van der Waals surface area contributed by atoms with Gasteiger partial charge in [-0.3, -0.25) is 0 Å². The maximum atomic E-state index is 1.58. The lowest BCUT2D eigenvalue weighted by molar-refractivity contribution is 0.165. The molecule has 0 N–H and O–H groups in total. The highest BCUT2D eigenvalue weighted by molar-refractivity contribution is 4.84. The SMILES string of the molecule is C1CC2CCC(C1)CC2.C1CC2CCC1CC2.C1CC2CCCC(C1)C2.C1CCC2CCC(C1)C2.C1CCC2CCC2CC1.C1CCC2CCCC2C1. The van der Waals surface area contributed by atoms with Crippen LogP contribution in [0.15, 0.2) is 0 Å². The van der Waals surface area contributed by atoms with Crippen molar-refractivity contribution in [3.05, 3.63) is 0 Å². The highest BCUT2D eigenvalue weighted by Crippen LogP contribution is 2.45. The molecule has 14 aliphatic rings. The van der Waals surface area contributed by atoms with E-state index in [9.17, 15) is 0 Å². The van der Waals surface area contributed by atoms with Gasteiger partial charge in [0, 0.05) is 0 Å². The Kier molecular flexibility index (Phi) is 17.7.